The van der Waals surface area contributed by atoms with Crippen molar-refractivity contribution >= 4 is 34.4 Å². The topological polar surface area (TPSA) is 92.7 Å². The highest BCUT2D eigenvalue weighted by Gasteiger charge is 2.19. The minimum Gasteiger partial charge on any atom is -0.344 e. The second kappa shape index (κ2) is 9.76. The van der Waals surface area contributed by atoms with E-state index in [4.69, 9.17) is 10.2 Å². The summed E-state index contributed by atoms with van der Waals surface area (Å²) in [7, 11) is 1.85. The molecule has 0 saturated carbocycles. The van der Waals surface area contributed by atoms with Crippen LogP contribution in [-0.4, -0.2) is 25.8 Å². The van der Waals surface area contributed by atoms with Gasteiger partial charge in [0, 0.05) is 31.0 Å². The van der Waals surface area contributed by atoms with Gasteiger partial charge in [-0.3, -0.25) is 14.2 Å². The number of fused-ring (bicyclic) bond motifs is 1. The molecule has 4 aromatic rings. The molecule has 0 aliphatic rings. The number of hydrogen-bond acceptors (Lipinski definition) is 5. The Bertz CT molecular complexity index is 1420. The molecule has 8 heteroatoms. The van der Waals surface area contributed by atoms with Gasteiger partial charge in [-0.2, -0.15) is 5.26 Å². The average Bonchev–Trinajstić information content (AvgIpc) is 3.16. The summed E-state index contributed by atoms with van der Waals surface area (Å²) in [5.41, 5.74) is 3.96. The van der Waals surface area contributed by atoms with E-state index in [0.717, 1.165) is 17.5 Å². The van der Waals surface area contributed by atoms with Crippen LogP contribution in [0.4, 0.5) is 5.69 Å². The number of carbonyl (C=O) groups excluding carboxylic acids is 1. The van der Waals surface area contributed by atoms with Crippen LogP contribution < -0.4 is 10.9 Å². The van der Waals surface area contributed by atoms with E-state index in [9.17, 15) is 9.59 Å². The number of rotatable bonds is 7. The minimum atomic E-state index is -0.233. The molecule has 4 rings (SSSR count). The molecule has 0 fully saturated rings. The molecule has 1 amide bonds. The largest absolute Gasteiger partial charge is 0.344 e. The van der Waals surface area contributed by atoms with Crippen molar-refractivity contribution in [3.8, 4) is 17.2 Å². The number of carbonyl (C=O) groups is 1. The molecule has 0 radical (unpaired) electrons. The molecule has 0 spiro atoms. The molecule has 7 nitrogen and oxygen atoms in total. The number of aryl methyl sites for hydroxylation is 1. The standard InChI is InChI=1S/C25H23N5O2S/c1-3-12-30-24(32)23-22(20(15-29(23)2)18-9-5-4-6-10-18)28-25(30)33-16-21(31)27-19-11-7-8-17(13-19)14-26/h4-11,13,15H,3,12,16H2,1-2H3,(H,27,31). The van der Waals surface area contributed by atoms with Crippen molar-refractivity contribution in [1.82, 2.24) is 14.1 Å². The van der Waals surface area contributed by atoms with E-state index in [1.165, 1.54) is 11.8 Å². The number of benzene rings is 2. The summed E-state index contributed by atoms with van der Waals surface area (Å²) in [4.78, 5) is 30.8. The lowest BCUT2D eigenvalue weighted by Gasteiger charge is -2.12. The molecule has 33 heavy (non-hydrogen) atoms. The Morgan fingerprint density at radius 1 is 1.18 bits per heavy atom. The molecule has 1 N–H and O–H groups in total. The van der Waals surface area contributed by atoms with E-state index in [-0.39, 0.29) is 17.2 Å². The summed E-state index contributed by atoms with van der Waals surface area (Å²) in [5.74, 6) is -0.143. The maximum atomic E-state index is 13.4. The Morgan fingerprint density at radius 2 is 1.97 bits per heavy atom. The Balaban J connectivity index is 1.67. The lowest BCUT2D eigenvalue weighted by Crippen LogP contribution is -2.25. The van der Waals surface area contributed by atoms with Crippen LogP contribution >= 0.6 is 11.8 Å². The van der Waals surface area contributed by atoms with Gasteiger partial charge in [-0.15, -0.1) is 0 Å². The van der Waals surface area contributed by atoms with Crippen molar-refractivity contribution in [2.24, 2.45) is 7.05 Å². The average molecular weight is 458 g/mol. The van der Waals surface area contributed by atoms with Gasteiger partial charge in [-0.05, 0) is 30.2 Å². The number of nitrogens with zero attached hydrogens (tertiary/aromatic N) is 4. The first kappa shape index (κ1) is 22.4. The van der Waals surface area contributed by atoms with Gasteiger partial charge in [0.15, 0.2) is 5.16 Å². The summed E-state index contributed by atoms with van der Waals surface area (Å²) in [5, 5.41) is 12.4. The van der Waals surface area contributed by atoms with E-state index in [1.807, 2.05) is 55.1 Å². The van der Waals surface area contributed by atoms with E-state index in [1.54, 1.807) is 28.8 Å². The highest BCUT2D eigenvalue weighted by molar-refractivity contribution is 7.99. The fourth-order valence-electron chi connectivity index (χ4n) is 3.70. The third-order valence-corrected chi connectivity index (χ3v) is 6.16. The van der Waals surface area contributed by atoms with Crippen LogP contribution in [0.2, 0.25) is 0 Å². The van der Waals surface area contributed by atoms with Gasteiger partial charge >= 0.3 is 0 Å². The Hall–Kier alpha value is -3.83. The molecule has 2 aromatic heterocycles. The van der Waals surface area contributed by atoms with Crippen LogP contribution in [0.1, 0.15) is 18.9 Å². The molecule has 2 aromatic carbocycles. The summed E-state index contributed by atoms with van der Waals surface area (Å²) in [6, 6.07) is 18.6. The first-order valence-electron chi connectivity index (χ1n) is 10.6. The third kappa shape index (κ3) is 4.69. The molecule has 0 atom stereocenters. The van der Waals surface area contributed by atoms with Gasteiger partial charge in [0.05, 0.1) is 17.4 Å². The molecular formula is C25H23N5O2S. The number of thioether (sulfide) groups is 1. The zero-order valence-electron chi connectivity index (χ0n) is 18.4. The van der Waals surface area contributed by atoms with E-state index >= 15 is 0 Å². The predicted molar refractivity (Wildman–Crippen MR) is 131 cm³/mol. The maximum Gasteiger partial charge on any atom is 0.278 e. The van der Waals surface area contributed by atoms with Crippen molar-refractivity contribution in [3.63, 3.8) is 0 Å². The first-order chi connectivity index (χ1) is 16.0. The van der Waals surface area contributed by atoms with Crippen molar-refractivity contribution in [2.45, 2.75) is 25.0 Å². The van der Waals surface area contributed by atoms with Gasteiger partial charge in [-0.1, -0.05) is 55.1 Å². The number of nitriles is 1. The molecule has 166 valence electrons. The van der Waals surface area contributed by atoms with Gasteiger partial charge in [0.2, 0.25) is 5.91 Å². The fourth-order valence-corrected chi connectivity index (χ4v) is 4.52. The summed E-state index contributed by atoms with van der Waals surface area (Å²) in [6.45, 7) is 2.52. The van der Waals surface area contributed by atoms with Crippen molar-refractivity contribution < 1.29 is 4.79 Å². The SMILES string of the molecule is CCCn1c(SCC(=O)Nc2cccc(C#N)c2)nc2c(-c3ccccc3)cn(C)c2c1=O. The van der Waals surface area contributed by atoms with Crippen LogP contribution in [0.5, 0.6) is 0 Å². The highest BCUT2D eigenvalue weighted by Crippen LogP contribution is 2.29. The zero-order valence-corrected chi connectivity index (χ0v) is 19.2. The number of nitrogens with one attached hydrogen (secondary N) is 1. The molecule has 0 saturated heterocycles. The highest BCUT2D eigenvalue weighted by atomic mass is 32.2. The van der Waals surface area contributed by atoms with Crippen LogP contribution in [0.25, 0.3) is 22.2 Å². The number of aromatic nitrogens is 3. The zero-order chi connectivity index (χ0) is 23.4. The summed E-state index contributed by atoms with van der Waals surface area (Å²) < 4.78 is 3.47. The molecule has 0 bridgehead atoms. The van der Waals surface area contributed by atoms with Crippen molar-refractivity contribution in [1.29, 1.82) is 5.26 Å². The second-order valence-electron chi connectivity index (χ2n) is 7.60. The smallest absolute Gasteiger partial charge is 0.278 e. The molecular weight excluding hydrogens is 434 g/mol. The molecule has 2 heterocycles. The molecule has 0 unspecified atom stereocenters. The Morgan fingerprint density at radius 3 is 2.70 bits per heavy atom. The third-order valence-electron chi connectivity index (χ3n) is 5.18. The number of anilines is 1. The lowest BCUT2D eigenvalue weighted by atomic mass is 10.1. The van der Waals surface area contributed by atoms with Crippen LogP contribution in [-0.2, 0) is 18.4 Å². The van der Waals surface area contributed by atoms with Gasteiger partial charge in [-0.25, -0.2) is 4.98 Å². The van der Waals surface area contributed by atoms with Crippen LogP contribution in [0.15, 0.2) is 70.7 Å². The van der Waals surface area contributed by atoms with Crippen molar-refractivity contribution in [3.05, 3.63) is 76.7 Å². The second-order valence-corrected chi connectivity index (χ2v) is 8.54. The lowest BCUT2D eigenvalue weighted by molar-refractivity contribution is -0.113. The monoisotopic (exact) mass is 457 g/mol. The normalized spacial score (nSPS) is 10.8. The van der Waals surface area contributed by atoms with Crippen LogP contribution in [0, 0.1) is 11.3 Å². The fraction of sp³-hybridized carbons (Fsp3) is 0.200. The first-order valence-corrected chi connectivity index (χ1v) is 11.6. The van der Waals surface area contributed by atoms with Gasteiger partial charge in [0.1, 0.15) is 11.0 Å². The van der Waals surface area contributed by atoms with E-state index in [0.29, 0.717) is 34.0 Å². The minimum absolute atomic E-state index is 0.0892. The van der Waals surface area contributed by atoms with Gasteiger partial charge in [0.25, 0.3) is 5.56 Å². The van der Waals surface area contributed by atoms with E-state index < -0.39 is 0 Å². The Kier molecular flexibility index (Phi) is 6.61. The summed E-state index contributed by atoms with van der Waals surface area (Å²) >= 11 is 1.23. The maximum absolute atomic E-state index is 13.4. The van der Waals surface area contributed by atoms with E-state index in [2.05, 4.69) is 11.4 Å². The molecule has 0 aliphatic carbocycles. The van der Waals surface area contributed by atoms with Crippen molar-refractivity contribution in [2.75, 3.05) is 11.1 Å². The quantitative estimate of drug-likeness (QED) is 0.328. The number of amides is 1. The predicted octanol–water partition coefficient (Wildman–Crippen LogP) is 4.41. The number of hydrogen-bond donors (Lipinski definition) is 1. The Labute approximate surface area is 195 Å². The van der Waals surface area contributed by atoms with Crippen LogP contribution in [0.3, 0.4) is 0 Å². The molecule has 0 aliphatic heterocycles. The summed E-state index contributed by atoms with van der Waals surface area (Å²) in [6.07, 6.45) is 2.69. The van der Waals surface area contributed by atoms with Gasteiger partial charge < -0.3 is 9.88 Å².